The third-order valence-corrected chi connectivity index (χ3v) is 4.56. The number of nitrogens with zero attached hydrogens (tertiary/aromatic N) is 1. The van der Waals surface area contributed by atoms with Crippen LogP contribution < -0.4 is 14.8 Å². The Labute approximate surface area is 195 Å². The number of pyridine rings is 1. The first-order valence-corrected chi connectivity index (χ1v) is 10.4. The number of ether oxygens (including phenoxy) is 3. The lowest BCUT2D eigenvalue weighted by Crippen LogP contribution is -2.23. The molecule has 0 spiro atoms. The smallest absolute Gasteiger partial charge is 0.339 e. The molecule has 1 amide bonds. The van der Waals surface area contributed by atoms with E-state index in [-0.39, 0.29) is 40.1 Å². The van der Waals surface area contributed by atoms with Crippen molar-refractivity contribution in [2.45, 2.75) is 25.9 Å². The highest BCUT2D eigenvalue weighted by molar-refractivity contribution is 6.04. The lowest BCUT2D eigenvalue weighted by atomic mass is 10.1. The van der Waals surface area contributed by atoms with Crippen LogP contribution in [0.2, 0.25) is 0 Å². The first-order valence-electron chi connectivity index (χ1n) is 10.4. The Morgan fingerprint density at radius 3 is 2.32 bits per heavy atom. The second-order valence-electron chi connectivity index (χ2n) is 7.60. The van der Waals surface area contributed by atoms with Crippen molar-refractivity contribution in [3.63, 3.8) is 0 Å². The fourth-order valence-electron chi connectivity index (χ4n) is 2.96. The van der Waals surface area contributed by atoms with Crippen LogP contribution in [0, 0.1) is 0 Å². The summed E-state index contributed by atoms with van der Waals surface area (Å²) in [5, 5.41) is 2.59. The Kier molecular flexibility index (Phi) is 7.78. The van der Waals surface area contributed by atoms with Crippen LogP contribution in [0.25, 0.3) is 0 Å². The molecule has 9 heteroatoms. The topological polar surface area (TPSA) is 86.8 Å². The van der Waals surface area contributed by atoms with Gasteiger partial charge in [-0.15, -0.1) is 0 Å². The van der Waals surface area contributed by atoms with E-state index in [0.717, 1.165) is 0 Å². The minimum Gasteiger partial charge on any atom is -0.491 e. The summed E-state index contributed by atoms with van der Waals surface area (Å²) in [6, 6.07) is 14.5. The molecule has 3 rings (SSSR count). The molecule has 1 N–H and O–H groups in total. The van der Waals surface area contributed by atoms with Crippen molar-refractivity contribution in [3.8, 4) is 11.5 Å². The van der Waals surface area contributed by atoms with Crippen LogP contribution >= 0.6 is 0 Å². The number of benzene rings is 2. The van der Waals surface area contributed by atoms with Gasteiger partial charge in [-0.2, -0.15) is 8.78 Å². The number of rotatable bonds is 9. The third kappa shape index (κ3) is 6.50. The molecule has 0 saturated heterocycles. The molecule has 3 aromatic rings. The molecule has 0 fully saturated rings. The van der Waals surface area contributed by atoms with E-state index in [9.17, 15) is 18.4 Å². The Morgan fingerprint density at radius 2 is 1.71 bits per heavy atom. The minimum absolute atomic E-state index is 0.0490. The predicted molar refractivity (Wildman–Crippen MR) is 122 cm³/mol. The van der Waals surface area contributed by atoms with Gasteiger partial charge in [0.05, 0.1) is 18.8 Å². The van der Waals surface area contributed by atoms with Gasteiger partial charge in [0, 0.05) is 23.4 Å². The normalized spacial score (nSPS) is 11.1. The van der Waals surface area contributed by atoms with Gasteiger partial charge in [0.2, 0.25) is 0 Å². The van der Waals surface area contributed by atoms with E-state index in [0.29, 0.717) is 0 Å². The van der Waals surface area contributed by atoms with Crippen LogP contribution in [0.1, 0.15) is 40.1 Å². The van der Waals surface area contributed by atoms with Gasteiger partial charge in [0.1, 0.15) is 17.3 Å². The number of methoxy groups -OCH3 is 1. The maximum atomic E-state index is 14.5. The van der Waals surface area contributed by atoms with E-state index in [1.165, 1.54) is 67.9 Å². The number of aromatic nitrogens is 1. The number of carbonyl (C=O) groups excluding carboxylic acids is 2. The highest BCUT2D eigenvalue weighted by Gasteiger charge is 2.32. The molecule has 1 heterocycles. The summed E-state index contributed by atoms with van der Waals surface area (Å²) in [6.07, 6.45) is 1.05. The van der Waals surface area contributed by atoms with Crippen molar-refractivity contribution in [1.29, 1.82) is 0 Å². The highest BCUT2D eigenvalue weighted by atomic mass is 19.3. The maximum Gasteiger partial charge on any atom is 0.339 e. The van der Waals surface area contributed by atoms with E-state index in [1.807, 2.05) is 0 Å². The van der Waals surface area contributed by atoms with Crippen molar-refractivity contribution in [3.05, 3.63) is 83.6 Å². The minimum atomic E-state index is -3.23. The number of halogens is 2. The number of nitrogens with one attached hydrogen (secondary N) is 1. The lowest BCUT2D eigenvalue weighted by molar-refractivity contribution is -0.0467. The van der Waals surface area contributed by atoms with Crippen molar-refractivity contribution < 1.29 is 32.6 Å². The molecule has 7 nitrogen and oxygen atoms in total. The summed E-state index contributed by atoms with van der Waals surface area (Å²) in [4.78, 5) is 28.3. The molecular formula is C25H24F2N2O5. The predicted octanol–water partition coefficient (Wildman–Crippen LogP) is 5.08. The highest BCUT2D eigenvalue weighted by Crippen LogP contribution is 2.31. The number of anilines is 1. The second-order valence-corrected chi connectivity index (χ2v) is 7.60. The van der Waals surface area contributed by atoms with Crippen LogP contribution in [-0.2, 0) is 10.7 Å². The van der Waals surface area contributed by atoms with Crippen LogP contribution in [0.3, 0.4) is 0 Å². The molecule has 0 aliphatic heterocycles. The molecular weight excluding hydrogens is 446 g/mol. The molecule has 0 unspecified atom stereocenters. The van der Waals surface area contributed by atoms with Crippen LogP contribution in [0.5, 0.6) is 11.5 Å². The molecule has 0 aliphatic carbocycles. The zero-order valence-electron chi connectivity index (χ0n) is 18.9. The number of carbonyl (C=O) groups is 2. The fraction of sp³-hybridized carbons (Fsp3) is 0.240. The van der Waals surface area contributed by atoms with Gasteiger partial charge in [-0.1, -0.05) is 30.3 Å². The fourth-order valence-corrected chi connectivity index (χ4v) is 2.96. The number of amides is 1. The number of alkyl halides is 2. The van der Waals surface area contributed by atoms with E-state index >= 15 is 0 Å². The van der Waals surface area contributed by atoms with Crippen LogP contribution in [0.4, 0.5) is 14.6 Å². The second kappa shape index (κ2) is 10.7. The van der Waals surface area contributed by atoms with Crippen molar-refractivity contribution in [1.82, 2.24) is 4.98 Å². The van der Waals surface area contributed by atoms with Gasteiger partial charge in [0.25, 0.3) is 5.91 Å². The van der Waals surface area contributed by atoms with Gasteiger partial charge in [-0.05, 0) is 38.1 Å². The zero-order valence-corrected chi connectivity index (χ0v) is 18.9. The summed E-state index contributed by atoms with van der Waals surface area (Å²) in [6.45, 7) is 2.67. The maximum absolute atomic E-state index is 14.5. The molecule has 0 radical (unpaired) electrons. The van der Waals surface area contributed by atoms with E-state index in [1.54, 1.807) is 19.9 Å². The summed E-state index contributed by atoms with van der Waals surface area (Å²) >= 11 is 0. The lowest BCUT2D eigenvalue weighted by Gasteiger charge is -2.19. The average molecular weight is 470 g/mol. The number of hydrogen-bond donors (Lipinski definition) is 1. The van der Waals surface area contributed by atoms with E-state index in [4.69, 9.17) is 9.47 Å². The first kappa shape index (κ1) is 24.6. The van der Waals surface area contributed by atoms with Crippen molar-refractivity contribution in [2.75, 3.05) is 19.0 Å². The molecule has 1 aromatic heterocycles. The quantitative estimate of drug-likeness (QED) is 0.439. The Morgan fingerprint density at radius 1 is 1.00 bits per heavy atom. The Hall–Kier alpha value is -4.01. The Balaban J connectivity index is 1.79. The number of hydrogen-bond acceptors (Lipinski definition) is 6. The summed E-state index contributed by atoms with van der Waals surface area (Å²) in [5.74, 6) is -3.83. The van der Waals surface area contributed by atoms with Crippen molar-refractivity contribution in [2.24, 2.45) is 0 Å². The molecule has 0 aliphatic rings. The van der Waals surface area contributed by atoms with E-state index < -0.39 is 24.4 Å². The SMILES string of the molecule is COC(=O)c1ccc(NC(=O)c2cc(OCC(F)(F)c3ccccc3)cc(OC(C)C)c2)nc1. The molecule has 0 saturated carbocycles. The standard InChI is InChI=1S/C25H24F2N2O5/c1-16(2)34-21-12-18(23(30)29-22-10-9-17(14-28-22)24(31)32-3)11-20(13-21)33-15-25(26,27)19-7-5-4-6-8-19/h4-14,16H,15H2,1-3H3,(H,28,29,30). The zero-order chi connectivity index (χ0) is 24.7. The van der Waals surface area contributed by atoms with Crippen LogP contribution in [0.15, 0.2) is 66.9 Å². The van der Waals surface area contributed by atoms with Gasteiger partial charge < -0.3 is 19.5 Å². The molecule has 0 atom stereocenters. The van der Waals surface area contributed by atoms with E-state index in [2.05, 4.69) is 15.0 Å². The van der Waals surface area contributed by atoms with Gasteiger partial charge >= 0.3 is 11.9 Å². The summed E-state index contributed by atoms with van der Waals surface area (Å²) < 4.78 is 44.7. The first-order chi connectivity index (χ1) is 16.2. The van der Waals surface area contributed by atoms with Gasteiger partial charge in [-0.25, -0.2) is 9.78 Å². The monoisotopic (exact) mass is 470 g/mol. The van der Waals surface area contributed by atoms with Crippen LogP contribution in [-0.4, -0.2) is 36.7 Å². The number of esters is 1. The molecule has 178 valence electrons. The average Bonchev–Trinajstić information content (AvgIpc) is 2.83. The summed E-state index contributed by atoms with van der Waals surface area (Å²) in [7, 11) is 1.25. The largest absolute Gasteiger partial charge is 0.491 e. The van der Waals surface area contributed by atoms with Crippen molar-refractivity contribution >= 4 is 17.7 Å². The van der Waals surface area contributed by atoms with Gasteiger partial charge in [-0.3, -0.25) is 4.79 Å². The molecule has 34 heavy (non-hydrogen) atoms. The molecule has 0 bridgehead atoms. The molecule has 2 aromatic carbocycles. The third-order valence-electron chi connectivity index (χ3n) is 4.56. The van der Waals surface area contributed by atoms with Gasteiger partial charge in [0.15, 0.2) is 6.61 Å². The Bertz CT molecular complexity index is 1140. The summed E-state index contributed by atoms with van der Waals surface area (Å²) in [5.41, 5.74) is 0.168.